The van der Waals surface area contributed by atoms with Crippen LogP contribution < -0.4 is 4.74 Å². The van der Waals surface area contributed by atoms with Crippen LogP contribution in [0.1, 0.15) is 39.7 Å². The smallest absolute Gasteiger partial charge is 0.119 e. The van der Waals surface area contributed by atoms with Gasteiger partial charge in [0.15, 0.2) is 0 Å². The normalized spacial score (nSPS) is 19.3. The molecule has 0 N–H and O–H groups in total. The van der Waals surface area contributed by atoms with Crippen molar-refractivity contribution < 1.29 is 8.95 Å². The van der Waals surface area contributed by atoms with Crippen LogP contribution in [0.4, 0.5) is 0 Å². The van der Waals surface area contributed by atoms with E-state index < -0.39 is 10.8 Å². The van der Waals surface area contributed by atoms with Crippen LogP contribution in [0.25, 0.3) is 0 Å². The molecule has 0 radical (unpaired) electrons. The van der Waals surface area contributed by atoms with Gasteiger partial charge in [-0.25, -0.2) is 0 Å². The van der Waals surface area contributed by atoms with E-state index in [-0.39, 0.29) is 5.54 Å². The van der Waals surface area contributed by atoms with Crippen molar-refractivity contribution in [1.29, 1.82) is 0 Å². The van der Waals surface area contributed by atoms with Gasteiger partial charge in [-0.15, -0.1) is 0 Å². The highest BCUT2D eigenvalue weighted by molar-refractivity contribution is 7.84. The predicted molar refractivity (Wildman–Crippen MR) is 125 cm³/mol. The van der Waals surface area contributed by atoms with Crippen LogP contribution in [0.5, 0.6) is 5.75 Å². The van der Waals surface area contributed by atoms with Gasteiger partial charge in [-0.3, -0.25) is 9.11 Å². The molecule has 29 heavy (non-hydrogen) atoms. The number of hydrogen-bond donors (Lipinski definition) is 0. The minimum Gasteiger partial charge on any atom is -0.493 e. The Labute approximate surface area is 183 Å². The second-order valence-corrected chi connectivity index (χ2v) is 9.76. The number of nitrogens with zero attached hydrogens (tertiary/aromatic N) is 1. The maximum absolute atomic E-state index is 11.5. The van der Waals surface area contributed by atoms with Gasteiger partial charge < -0.3 is 4.74 Å². The third-order valence-corrected chi connectivity index (χ3v) is 6.49. The summed E-state index contributed by atoms with van der Waals surface area (Å²) in [4.78, 5) is 3.39. The summed E-state index contributed by atoms with van der Waals surface area (Å²) in [6, 6.07) is 15.7. The second kappa shape index (κ2) is 11.1. The highest BCUT2D eigenvalue weighted by atomic mass is 35.5. The fourth-order valence-corrected chi connectivity index (χ4v) is 4.59. The Bertz CT molecular complexity index is 792. The zero-order valence-electron chi connectivity index (χ0n) is 18.3. The van der Waals surface area contributed by atoms with E-state index in [2.05, 4.69) is 30.9 Å². The van der Waals surface area contributed by atoms with Crippen LogP contribution in [0, 0.1) is 5.92 Å². The SMILES string of the molecule is CC.CS(=O)c1ccc(OCC2CN(CCc3cccc(Cl)c3)C(C)(C)C2)cc1. The lowest BCUT2D eigenvalue weighted by molar-refractivity contribution is 0.175. The highest BCUT2D eigenvalue weighted by Gasteiger charge is 2.38. The molecule has 0 amide bonds. The van der Waals surface area contributed by atoms with Crippen LogP contribution in [0.2, 0.25) is 5.02 Å². The van der Waals surface area contributed by atoms with Crippen LogP contribution >= 0.6 is 11.6 Å². The maximum Gasteiger partial charge on any atom is 0.119 e. The molecular formula is C24H34ClNO2S. The molecule has 1 aliphatic rings. The van der Waals surface area contributed by atoms with E-state index in [4.69, 9.17) is 16.3 Å². The lowest BCUT2D eigenvalue weighted by Crippen LogP contribution is -2.39. The zero-order valence-corrected chi connectivity index (χ0v) is 19.9. The van der Waals surface area contributed by atoms with Gasteiger partial charge in [0.2, 0.25) is 0 Å². The van der Waals surface area contributed by atoms with Crippen LogP contribution in [0.3, 0.4) is 0 Å². The third-order valence-electron chi connectivity index (χ3n) is 5.32. The summed E-state index contributed by atoms with van der Waals surface area (Å²) in [6.07, 6.45) is 3.82. The van der Waals surface area contributed by atoms with Crippen molar-refractivity contribution in [2.75, 3.05) is 26.0 Å². The van der Waals surface area contributed by atoms with Crippen molar-refractivity contribution in [1.82, 2.24) is 4.90 Å². The maximum atomic E-state index is 11.5. The first kappa shape index (κ1) is 23.9. The van der Waals surface area contributed by atoms with E-state index in [0.29, 0.717) is 12.5 Å². The van der Waals surface area contributed by atoms with Crippen LogP contribution in [-0.4, -0.2) is 40.6 Å². The van der Waals surface area contributed by atoms with E-state index in [9.17, 15) is 4.21 Å². The molecule has 0 saturated carbocycles. The van der Waals surface area contributed by atoms with E-state index in [1.165, 1.54) is 5.56 Å². The Kier molecular flexibility index (Phi) is 9.19. The van der Waals surface area contributed by atoms with Gasteiger partial charge in [-0.2, -0.15) is 0 Å². The summed E-state index contributed by atoms with van der Waals surface area (Å²) in [5.74, 6) is 1.36. The van der Waals surface area contributed by atoms with Crippen LogP contribution in [-0.2, 0) is 17.2 Å². The molecule has 1 aliphatic heterocycles. The third kappa shape index (κ3) is 7.13. The second-order valence-electron chi connectivity index (χ2n) is 7.95. The molecule has 0 bridgehead atoms. The molecule has 1 heterocycles. The van der Waals surface area contributed by atoms with Crippen molar-refractivity contribution in [3.63, 3.8) is 0 Å². The summed E-state index contributed by atoms with van der Waals surface area (Å²) in [5.41, 5.74) is 1.46. The molecule has 3 nitrogen and oxygen atoms in total. The number of ether oxygens (including phenoxy) is 1. The van der Waals surface area contributed by atoms with Crippen molar-refractivity contribution in [2.45, 2.75) is 51.0 Å². The van der Waals surface area contributed by atoms with E-state index in [0.717, 1.165) is 41.6 Å². The fourth-order valence-electron chi connectivity index (χ4n) is 3.86. The van der Waals surface area contributed by atoms with E-state index >= 15 is 0 Å². The first-order valence-corrected chi connectivity index (χ1v) is 12.3. The number of likely N-dealkylation sites (tertiary alicyclic amines) is 1. The summed E-state index contributed by atoms with van der Waals surface area (Å²) in [7, 11) is -0.949. The molecule has 1 fully saturated rings. The minimum atomic E-state index is -0.949. The number of benzene rings is 2. The molecule has 160 valence electrons. The van der Waals surface area contributed by atoms with Gasteiger partial charge in [-0.05, 0) is 68.7 Å². The van der Waals surface area contributed by atoms with Gasteiger partial charge >= 0.3 is 0 Å². The van der Waals surface area contributed by atoms with Gasteiger partial charge in [0.25, 0.3) is 0 Å². The van der Waals surface area contributed by atoms with Crippen molar-refractivity contribution in [3.8, 4) is 5.75 Å². The largest absolute Gasteiger partial charge is 0.493 e. The lowest BCUT2D eigenvalue weighted by atomic mass is 9.97. The van der Waals surface area contributed by atoms with Crippen LogP contribution in [0.15, 0.2) is 53.4 Å². The molecule has 5 heteroatoms. The molecule has 0 aromatic heterocycles. The Hall–Kier alpha value is -1.36. The van der Waals surface area contributed by atoms with Crippen molar-refractivity contribution in [3.05, 3.63) is 59.1 Å². The molecular weight excluding hydrogens is 402 g/mol. The van der Waals surface area contributed by atoms with Crippen molar-refractivity contribution >= 4 is 22.4 Å². The first-order valence-electron chi connectivity index (χ1n) is 10.4. The average Bonchev–Trinajstić information content (AvgIpc) is 3.00. The number of halogens is 1. The average molecular weight is 436 g/mol. The molecule has 2 aromatic rings. The molecule has 3 rings (SSSR count). The Morgan fingerprint density at radius 1 is 1.17 bits per heavy atom. The van der Waals surface area contributed by atoms with Gasteiger partial charge in [0.1, 0.15) is 5.75 Å². The number of rotatable bonds is 7. The summed E-state index contributed by atoms with van der Waals surface area (Å²) in [5, 5.41) is 0.803. The quantitative estimate of drug-likeness (QED) is 0.548. The Balaban J connectivity index is 0.00000145. The molecule has 2 atom stereocenters. The molecule has 2 unspecified atom stereocenters. The highest BCUT2D eigenvalue weighted by Crippen LogP contribution is 2.33. The molecule has 1 saturated heterocycles. The Morgan fingerprint density at radius 3 is 2.48 bits per heavy atom. The van der Waals surface area contributed by atoms with Gasteiger partial charge in [0.05, 0.1) is 6.61 Å². The lowest BCUT2D eigenvalue weighted by Gasteiger charge is -2.31. The van der Waals surface area contributed by atoms with Gasteiger partial charge in [-0.1, -0.05) is 37.6 Å². The minimum absolute atomic E-state index is 0.176. The molecule has 2 aromatic carbocycles. The standard InChI is InChI=1S/C22H28ClNO2S.C2H6/c1-22(2)14-18(16-26-20-7-9-21(10-8-20)27(3)25)15-24(22)12-11-17-5-4-6-19(23)13-17;1-2/h4-10,13,18H,11-12,14-16H2,1-3H3;1-2H3. The molecule has 0 aliphatic carbocycles. The van der Waals surface area contributed by atoms with E-state index in [1.54, 1.807) is 6.26 Å². The summed E-state index contributed by atoms with van der Waals surface area (Å²) < 4.78 is 17.5. The Morgan fingerprint density at radius 2 is 1.86 bits per heavy atom. The topological polar surface area (TPSA) is 29.5 Å². The predicted octanol–water partition coefficient (Wildman–Crippen LogP) is 5.83. The number of hydrogen-bond acceptors (Lipinski definition) is 3. The zero-order chi connectivity index (χ0) is 21.4. The monoisotopic (exact) mass is 435 g/mol. The first-order chi connectivity index (χ1) is 13.8. The van der Waals surface area contributed by atoms with Crippen molar-refractivity contribution in [2.24, 2.45) is 5.92 Å². The summed E-state index contributed by atoms with van der Waals surface area (Å²) >= 11 is 6.10. The molecule has 0 spiro atoms. The fraction of sp³-hybridized carbons (Fsp3) is 0.500. The van der Waals surface area contributed by atoms with Gasteiger partial charge in [0, 0.05) is 51.5 Å². The summed E-state index contributed by atoms with van der Waals surface area (Å²) in [6.45, 7) is 11.4. The van der Waals surface area contributed by atoms with E-state index in [1.807, 2.05) is 50.2 Å².